The van der Waals surface area contributed by atoms with E-state index in [0.717, 1.165) is 5.56 Å². The molecule has 0 radical (unpaired) electrons. The lowest BCUT2D eigenvalue weighted by Gasteiger charge is -2.21. The molecule has 8 heteroatoms. The van der Waals surface area contributed by atoms with Crippen molar-refractivity contribution in [1.29, 1.82) is 0 Å². The number of rotatable bonds is 9. The molecule has 0 bridgehead atoms. The second-order valence-corrected chi connectivity index (χ2v) is 9.27. The maximum atomic E-state index is 14.7. The van der Waals surface area contributed by atoms with Crippen molar-refractivity contribution in [3.63, 3.8) is 0 Å². The Morgan fingerprint density at radius 2 is 1.74 bits per heavy atom. The smallest absolute Gasteiger partial charge is 0.230 e. The lowest BCUT2D eigenvalue weighted by molar-refractivity contribution is -0.127. The first-order chi connectivity index (χ1) is 16.1. The molecular weight excluding hydrogens is 437 g/mol. The normalized spacial score (nSPS) is 12.4. The number of hydrogen-bond donors (Lipinski definition) is 1. The summed E-state index contributed by atoms with van der Waals surface area (Å²) < 4.78 is 25.1. The molecule has 1 N–H and O–H groups in total. The summed E-state index contributed by atoms with van der Waals surface area (Å²) in [4.78, 5) is 26.0. The van der Waals surface area contributed by atoms with Crippen LogP contribution < -0.4 is 5.32 Å². The van der Waals surface area contributed by atoms with Crippen molar-refractivity contribution in [1.82, 2.24) is 15.5 Å². The van der Waals surface area contributed by atoms with E-state index >= 15 is 0 Å². The average molecular weight is 468 g/mol. The van der Waals surface area contributed by atoms with Crippen LogP contribution >= 0.6 is 0 Å². The van der Waals surface area contributed by atoms with Crippen LogP contribution in [0.4, 0.5) is 4.39 Å². The SMILES string of the molecule is COCc1ccc([C@@H](NC(=O)Cc2nnc(C)o2)C(=O)Cc2ccc(C(C)(C)C)c(F)c2)cc1. The van der Waals surface area contributed by atoms with Gasteiger partial charge >= 0.3 is 0 Å². The Morgan fingerprint density at radius 3 is 2.29 bits per heavy atom. The van der Waals surface area contributed by atoms with Crippen molar-refractivity contribution in [3.8, 4) is 0 Å². The third-order valence-corrected chi connectivity index (χ3v) is 5.35. The first-order valence-corrected chi connectivity index (χ1v) is 11.0. The van der Waals surface area contributed by atoms with Gasteiger partial charge in [-0.05, 0) is 33.7 Å². The van der Waals surface area contributed by atoms with E-state index < -0.39 is 11.9 Å². The second-order valence-electron chi connectivity index (χ2n) is 9.27. The molecule has 3 aromatic rings. The highest BCUT2D eigenvalue weighted by Crippen LogP contribution is 2.26. The van der Waals surface area contributed by atoms with Crippen LogP contribution in [0.3, 0.4) is 0 Å². The van der Waals surface area contributed by atoms with Crippen molar-refractivity contribution in [3.05, 3.63) is 82.3 Å². The molecule has 0 unspecified atom stereocenters. The standard InChI is InChI=1S/C26H30FN3O4/c1-16-29-30-24(34-16)14-23(32)28-25(19-9-6-17(7-10-19)15-33-5)22(31)13-18-8-11-20(21(27)12-18)26(2,3)4/h6-12,25H,13-15H2,1-5H3,(H,28,32)/t25-/m1/s1. The van der Waals surface area contributed by atoms with Gasteiger partial charge in [-0.2, -0.15) is 0 Å². The molecule has 0 fully saturated rings. The minimum Gasteiger partial charge on any atom is -0.425 e. The Bertz CT molecular complexity index is 1150. The summed E-state index contributed by atoms with van der Waals surface area (Å²) in [6.45, 7) is 7.85. The summed E-state index contributed by atoms with van der Waals surface area (Å²) in [6.07, 6.45) is -0.187. The number of ketones is 1. The van der Waals surface area contributed by atoms with E-state index in [-0.39, 0.29) is 35.7 Å². The van der Waals surface area contributed by atoms with Crippen LogP contribution in [0.15, 0.2) is 46.9 Å². The topological polar surface area (TPSA) is 94.3 Å². The van der Waals surface area contributed by atoms with Gasteiger partial charge in [0.15, 0.2) is 5.78 Å². The Labute approximate surface area is 198 Å². The summed E-state index contributed by atoms with van der Waals surface area (Å²) in [5, 5.41) is 10.3. The molecule has 0 spiro atoms. The molecular formula is C26H30FN3O4. The molecule has 0 aliphatic rings. The lowest BCUT2D eigenvalue weighted by Crippen LogP contribution is -2.35. The molecule has 34 heavy (non-hydrogen) atoms. The van der Waals surface area contributed by atoms with Crippen molar-refractivity contribution in [2.75, 3.05) is 7.11 Å². The average Bonchev–Trinajstić information content (AvgIpc) is 3.16. The number of nitrogens with zero attached hydrogens (tertiary/aromatic N) is 2. The highest BCUT2D eigenvalue weighted by molar-refractivity contribution is 5.91. The van der Waals surface area contributed by atoms with Crippen molar-refractivity contribution in [2.45, 2.75) is 58.6 Å². The first-order valence-electron chi connectivity index (χ1n) is 11.0. The van der Waals surface area contributed by atoms with E-state index in [1.54, 1.807) is 38.3 Å². The number of benzene rings is 2. The number of hydrogen-bond acceptors (Lipinski definition) is 6. The third kappa shape index (κ3) is 6.57. The van der Waals surface area contributed by atoms with Gasteiger partial charge in [-0.25, -0.2) is 4.39 Å². The number of nitrogens with one attached hydrogen (secondary N) is 1. The van der Waals surface area contributed by atoms with Gasteiger partial charge < -0.3 is 14.5 Å². The van der Waals surface area contributed by atoms with Gasteiger partial charge in [-0.3, -0.25) is 9.59 Å². The highest BCUT2D eigenvalue weighted by atomic mass is 19.1. The molecule has 7 nitrogen and oxygen atoms in total. The fourth-order valence-electron chi connectivity index (χ4n) is 3.66. The Morgan fingerprint density at radius 1 is 1.06 bits per heavy atom. The molecule has 1 amide bonds. The van der Waals surface area contributed by atoms with Crippen LogP contribution in [-0.2, 0) is 39.2 Å². The Balaban J connectivity index is 1.82. The van der Waals surface area contributed by atoms with Gasteiger partial charge in [-0.1, -0.05) is 57.2 Å². The van der Waals surface area contributed by atoms with E-state index in [1.807, 2.05) is 32.9 Å². The summed E-state index contributed by atoms with van der Waals surface area (Å²) in [6, 6.07) is 11.2. The van der Waals surface area contributed by atoms with Crippen molar-refractivity contribution in [2.24, 2.45) is 0 Å². The molecule has 0 saturated carbocycles. The van der Waals surface area contributed by atoms with Gasteiger partial charge in [0.05, 0.1) is 6.61 Å². The quantitative estimate of drug-likeness (QED) is 0.508. The van der Waals surface area contributed by atoms with E-state index in [9.17, 15) is 14.0 Å². The Hall–Kier alpha value is -3.39. The monoisotopic (exact) mass is 467 g/mol. The Kier molecular flexibility index (Phi) is 7.94. The second kappa shape index (κ2) is 10.7. The largest absolute Gasteiger partial charge is 0.425 e. The van der Waals surface area contributed by atoms with E-state index in [2.05, 4.69) is 15.5 Å². The van der Waals surface area contributed by atoms with Crippen LogP contribution in [0.5, 0.6) is 0 Å². The van der Waals surface area contributed by atoms with Crippen LogP contribution in [0, 0.1) is 12.7 Å². The van der Waals surface area contributed by atoms with Crippen molar-refractivity contribution >= 4 is 11.7 Å². The van der Waals surface area contributed by atoms with Crippen molar-refractivity contribution < 1.29 is 23.1 Å². The first kappa shape index (κ1) is 25.2. The number of carbonyl (C=O) groups is 2. The predicted octanol–water partition coefficient (Wildman–Crippen LogP) is 4.17. The molecule has 1 aromatic heterocycles. The van der Waals surface area contributed by atoms with Gasteiger partial charge in [0, 0.05) is 20.5 Å². The minimum absolute atomic E-state index is 0.0359. The molecule has 1 heterocycles. The maximum Gasteiger partial charge on any atom is 0.230 e. The number of amides is 1. The van der Waals surface area contributed by atoms with Gasteiger partial charge in [0.1, 0.15) is 18.3 Å². The zero-order valence-corrected chi connectivity index (χ0v) is 20.1. The molecule has 180 valence electrons. The summed E-state index contributed by atoms with van der Waals surface area (Å²) in [7, 11) is 1.60. The number of ether oxygens (including phenoxy) is 1. The van der Waals surface area contributed by atoms with E-state index in [0.29, 0.717) is 29.2 Å². The maximum absolute atomic E-state index is 14.7. The van der Waals surface area contributed by atoms with Crippen LogP contribution in [0.25, 0.3) is 0 Å². The number of aryl methyl sites for hydroxylation is 1. The fraction of sp³-hybridized carbons (Fsp3) is 0.385. The van der Waals surface area contributed by atoms with Gasteiger partial charge in [0.25, 0.3) is 0 Å². The molecule has 0 saturated heterocycles. The van der Waals surface area contributed by atoms with Gasteiger partial charge in [0.2, 0.25) is 17.7 Å². The van der Waals surface area contributed by atoms with E-state index in [1.165, 1.54) is 6.07 Å². The lowest BCUT2D eigenvalue weighted by atomic mass is 9.85. The van der Waals surface area contributed by atoms with Crippen LogP contribution in [0.2, 0.25) is 0 Å². The van der Waals surface area contributed by atoms with Crippen LogP contribution in [-0.4, -0.2) is 29.0 Å². The molecule has 0 aliphatic heterocycles. The minimum atomic E-state index is -0.918. The molecule has 0 aliphatic carbocycles. The number of methoxy groups -OCH3 is 1. The highest BCUT2D eigenvalue weighted by Gasteiger charge is 2.25. The van der Waals surface area contributed by atoms with Gasteiger partial charge in [-0.15, -0.1) is 10.2 Å². The number of carbonyl (C=O) groups excluding carboxylic acids is 2. The third-order valence-electron chi connectivity index (χ3n) is 5.35. The summed E-state index contributed by atoms with van der Waals surface area (Å²) in [5.41, 5.74) is 2.33. The zero-order valence-electron chi connectivity index (χ0n) is 20.1. The molecule has 1 atom stereocenters. The number of halogens is 1. The molecule has 3 rings (SSSR count). The number of aromatic nitrogens is 2. The van der Waals surface area contributed by atoms with E-state index in [4.69, 9.17) is 9.15 Å². The predicted molar refractivity (Wildman–Crippen MR) is 125 cm³/mol. The summed E-state index contributed by atoms with van der Waals surface area (Å²) in [5.74, 6) is -0.537. The fourth-order valence-corrected chi connectivity index (χ4v) is 3.66. The number of Topliss-reactive ketones (excluding diaryl/α,β-unsaturated/α-hetero) is 1. The zero-order chi connectivity index (χ0) is 24.9. The summed E-state index contributed by atoms with van der Waals surface area (Å²) >= 11 is 0. The molecule has 2 aromatic carbocycles. The van der Waals surface area contributed by atoms with Crippen LogP contribution in [0.1, 0.15) is 60.8 Å².